The second kappa shape index (κ2) is 8.32. The highest BCUT2D eigenvalue weighted by atomic mass is 35.5. The maximum absolute atomic E-state index is 13.1. The normalized spacial score (nSPS) is 11.5. The van der Waals surface area contributed by atoms with Gasteiger partial charge in [-0.15, -0.1) is 0 Å². The van der Waals surface area contributed by atoms with Crippen LogP contribution in [-0.4, -0.2) is 20.4 Å². The van der Waals surface area contributed by atoms with E-state index in [0.29, 0.717) is 46.6 Å². The van der Waals surface area contributed by atoms with Gasteiger partial charge in [0.2, 0.25) is 0 Å². The van der Waals surface area contributed by atoms with Gasteiger partial charge in [-0.2, -0.15) is 0 Å². The second-order valence-electron chi connectivity index (χ2n) is 7.79. The molecule has 2 aromatic heterocycles. The standard InChI is InChI=1S/C23H24ClN5O/c1-14(2)11-12-29-21(25)19(23(30)26-13-15-7-9-16(24)10-8-15)20-22(29)28-18-6-4-3-5-17(18)27-20/h3-10,14H,11-13,25H2,1-2H3,(H,26,30). The number of nitrogens with one attached hydrogen (secondary N) is 1. The van der Waals surface area contributed by atoms with Gasteiger partial charge in [-0.1, -0.05) is 49.7 Å². The Morgan fingerprint density at radius 3 is 2.43 bits per heavy atom. The SMILES string of the molecule is CC(C)CCn1c(N)c(C(=O)NCc2ccc(Cl)cc2)c2nc3ccccc3nc21. The number of halogens is 1. The number of carbonyl (C=O) groups excluding carboxylic acids is 1. The zero-order valence-corrected chi connectivity index (χ0v) is 17.8. The number of anilines is 1. The molecule has 0 saturated heterocycles. The zero-order valence-electron chi connectivity index (χ0n) is 17.0. The fourth-order valence-corrected chi connectivity index (χ4v) is 3.55. The molecule has 6 nitrogen and oxygen atoms in total. The molecule has 4 aromatic rings. The molecule has 0 bridgehead atoms. The second-order valence-corrected chi connectivity index (χ2v) is 8.22. The fourth-order valence-electron chi connectivity index (χ4n) is 3.43. The van der Waals surface area contributed by atoms with Crippen molar-refractivity contribution in [3.05, 3.63) is 64.7 Å². The average Bonchev–Trinajstić information content (AvgIpc) is 3.00. The Hall–Kier alpha value is -3.12. The van der Waals surface area contributed by atoms with Crippen molar-refractivity contribution >= 4 is 45.5 Å². The lowest BCUT2D eigenvalue weighted by atomic mass is 10.1. The van der Waals surface area contributed by atoms with Crippen molar-refractivity contribution in [1.82, 2.24) is 19.9 Å². The van der Waals surface area contributed by atoms with Crippen LogP contribution < -0.4 is 11.1 Å². The summed E-state index contributed by atoms with van der Waals surface area (Å²) in [7, 11) is 0. The summed E-state index contributed by atoms with van der Waals surface area (Å²) in [6.07, 6.45) is 0.925. The van der Waals surface area contributed by atoms with Crippen molar-refractivity contribution in [3.8, 4) is 0 Å². The number of hydrogen-bond donors (Lipinski definition) is 2. The quantitative estimate of drug-likeness (QED) is 0.468. The molecular formula is C23H24ClN5O. The van der Waals surface area contributed by atoms with Crippen LogP contribution in [0.25, 0.3) is 22.2 Å². The predicted molar refractivity (Wildman–Crippen MR) is 122 cm³/mol. The molecule has 1 amide bonds. The third-order valence-electron chi connectivity index (χ3n) is 5.11. The van der Waals surface area contributed by atoms with Crippen LogP contribution in [0.5, 0.6) is 0 Å². The van der Waals surface area contributed by atoms with Crippen LogP contribution in [0, 0.1) is 5.92 Å². The minimum Gasteiger partial charge on any atom is -0.384 e. The van der Waals surface area contributed by atoms with E-state index in [1.807, 2.05) is 41.0 Å². The average molecular weight is 422 g/mol. The molecule has 4 rings (SSSR count). The highest BCUT2D eigenvalue weighted by Gasteiger charge is 2.23. The summed E-state index contributed by atoms with van der Waals surface area (Å²) in [4.78, 5) is 22.6. The van der Waals surface area contributed by atoms with Crippen molar-refractivity contribution in [1.29, 1.82) is 0 Å². The van der Waals surface area contributed by atoms with Gasteiger partial charge in [-0.25, -0.2) is 9.97 Å². The van der Waals surface area contributed by atoms with E-state index in [-0.39, 0.29) is 5.91 Å². The highest BCUT2D eigenvalue weighted by molar-refractivity contribution is 6.30. The van der Waals surface area contributed by atoms with Gasteiger partial charge in [-0.3, -0.25) is 4.79 Å². The lowest BCUT2D eigenvalue weighted by molar-refractivity contribution is 0.0953. The van der Waals surface area contributed by atoms with E-state index >= 15 is 0 Å². The fraction of sp³-hybridized carbons (Fsp3) is 0.261. The molecule has 0 unspecified atom stereocenters. The van der Waals surface area contributed by atoms with Gasteiger partial charge in [0.15, 0.2) is 5.65 Å². The summed E-state index contributed by atoms with van der Waals surface area (Å²) in [6.45, 7) is 5.36. The first-order chi connectivity index (χ1) is 14.4. The van der Waals surface area contributed by atoms with E-state index in [2.05, 4.69) is 19.2 Å². The third kappa shape index (κ3) is 3.96. The molecule has 30 heavy (non-hydrogen) atoms. The monoisotopic (exact) mass is 421 g/mol. The van der Waals surface area contributed by atoms with Crippen molar-refractivity contribution in [2.24, 2.45) is 5.92 Å². The first-order valence-corrected chi connectivity index (χ1v) is 10.4. The number of nitrogen functional groups attached to an aromatic ring is 1. The van der Waals surface area contributed by atoms with Gasteiger partial charge < -0.3 is 15.6 Å². The van der Waals surface area contributed by atoms with Crippen molar-refractivity contribution in [3.63, 3.8) is 0 Å². The zero-order chi connectivity index (χ0) is 21.3. The van der Waals surface area contributed by atoms with Gasteiger partial charge in [-0.05, 0) is 42.2 Å². The lowest BCUT2D eigenvalue weighted by Gasteiger charge is -2.10. The first-order valence-electron chi connectivity index (χ1n) is 10.0. The number of hydrogen-bond acceptors (Lipinski definition) is 4. The van der Waals surface area contributed by atoms with Crippen LogP contribution in [0.15, 0.2) is 48.5 Å². The number of para-hydroxylation sites is 2. The predicted octanol–water partition coefficient (Wildman–Crippen LogP) is 4.80. The molecule has 0 atom stereocenters. The Balaban J connectivity index is 1.74. The Kier molecular flexibility index (Phi) is 5.59. The molecule has 7 heteroatoms. The summed E-state index contributed by atoms with van der Waals surface area (Å²) >= 11 is 5.94. The molecule has 0 aliphatic carbocycles. The summed E-state index contributed by atoms with van der Waals surface area (Å²) in [5, 5.41) is 3.61. The van der Waals surface area contributed by atoms with Gasteiger partial charge in [0.05, 0.1) is 11.0 Å². The minimum absolute atomic E-state index is 0.264. The largest absolute Gasteiger partial charge is 0.384 e. The minimum atomic E-state index is -0.264. The first kappa shape index (κ1) is 20.2. The van der Waals surface area contributed by atoms with Gasteiger partial charge in [0, 0.05) is 18.1 Å². The Labute approximate surface area is 180 Å². The molecule has 2 aromatic carbocycles. The number of aryl methyl sites for hydroxylation is 1. The summed E-state index contributed by atoms with van der Waals surface area (Å²) in [5.41, 5.74) is 10.5. The molecule has 0 saturated carbocycles. The highest BCUT2D eigenvalue weighted by Crippen LogP contribution is 2.28. The van der Waals surface area contributed by atoms with Gasteiger partial charge >= 0.3 is 0 Å². The van der Waals surface area contributed by atoms with E-state index in [1.54, 1.807) is 12.1 Å². The summed E-state index contributed by atoms with van der Waals surface area (Å²) < 4.78 is 1.91. The number of nitrogens with zero attached hydrogens (tertiary/aromatic N) is 3. The molecule has 154 valence electrons. The van der Waals surface area contributed by atoms with Gasteiger partial charge in [0.1, 0.15) is 16.9 Å². The summed E-state index contributed by atoms with van der Waals surface area (Å²) in [5.74, 6) is 0.632. The number of nitrogens with two attached hydrogens (primary N) is 1. The number of fused-ring (bicyclic) bond motifs is 2. The van der Waals surface area contributed by atoms with Crippen LogP contribution in [0.2, 0.25) is 5.02 Å². The molecule has 3 N–H and O–H groups in total. The summed E-state index contributed by atoms with van der Waals surface area (Å²) in [6, 6.07) is 15.0. The Bertz CT molecular complexity index is 1210. The number of rotatable bonds is 6. The molecule has 0 aliphatic heterocycles. The van der Waals surface area contributed by atoms with Crippen LogP contribution in [0.4, 0.5) is 5.82 Å². The van der Waals surface area contributed by atoms with E-state index in [4.69, 9.17) is 27.3 Å². The van der Waals surface area contributed by atoms with Crippen molar-refractivity contribution in [2.45, 2.75) is 33.4 Å². The van der Waals surface area contributed by atoms with Crippen molar-refractivity contribution < 1.29 is 4.79 Å². The van der Waals surface area contributed by atoms with E-state index < -0.39 is 0 Å². The number of aromatic nitrogens is 3. The van der Waals surface area contributed by atoms with Crippen LogP contribution in [0.1, 0.15) is 36.2 Å². The molecular weight excluding hydrogens is 398 g/mol. The maximum atomic E-state index is 13.1. The smallest absolute Gasteiger partial charge is 0.257 e. The van der Waals surface area contributed by atoms with E-state index in [0.717, 1.165) is 23.0 Å². The lowest BCUT2D eigenvalue weighted by Crippen LogP contribution is -2.24. The molecule has 0 fully saturated rings. The molecule has 0 aliphatic rings. The molecule has 2 heterocycles. The van der Waals surface area contributed by atoms with E-state index in [1.165, 1.54) is 0 Å². The maximum Gasteiger partial charge on any atom is 0.257 e. The van der Waals surface area contributed by atoms with Crippen LogP contribution in [0.3, 0.4) is 0 Å². The molecule has 0 radical (unpaired) electrons. The number of carbonyl (C=O) groups is 1. The van der Waals surface area contributed by atoms with Gasteiger partial charge in [0.25, 0.3) is 5.91 Å². The van der Waals surface area contributed by atoms with E-state index in [9.17, 15) is 4.79 Å². The number of benzene rings is 2. The Morgan fingerprint density at radius 2 is 1.77 bits per heavy atom. The number of amides is 1. The third-order valence-corrected chi connectivity index (χ3v) is 5.37. The van der Waals surface area contributed by atoms with Crippen LogP contribution in [-0.2, 0) is 13.1 Å². The topological polar surface area (TPSA) is 85.8 Å². The Morgan fingerprint density at radius 1 is 1.10 bits per heavy atom. The molecule has 0 spiro atoms. The van der Waals surface area contributed by atoms with Crippen molar-refractivity contribution in [2.75, 3.05) is 5.73 Å². The van der Waals surface area contributed by atoms with Crippen LogP contribution >= 0.6 is 11.6 Å².